The number of rotatable bonds is 13. The van der Waals surface area contributed by atoms with Gasteiger partial charge in [0.05, 0.1) is 13.2 Å². The maximum absolute atomic E-state index is 13.2. The molecule has 1 unspecified atom stereocenters. The molecule has 13 heteroatoms. The Morgan fingerprint density at radius 2 is 1.95 bits per heavy atom. The van der Waals surface area contributed by atoms with E-state index < -0.39 is 51.2 Å². The van der Waals surface area contributed by atoms with Crippen molar-refractivity contribution in [3.8, 4) is 5.75 Å². The monoisotopic (exact) mass is 555 g/mol. The molecule has 0 bridgehead atoms. The van der Waals surface area contributed by atoms with Crippen molar-refractivity contribution >= 4 is 28.0 Å². The molecule has 3 amide bonds. The number of alkyl carbamates (subject to hydrolysis) is 1. The quantitative estimate of drug-likeness (QED) is 0.223. The highest BCUT2D eigenvalue weighted by molar-refractivity contribution is 7.86. The molecule has 212 valence electrons. The number of ether oxygens (including phenoxy) is 2. The fourth-order valence-electron chi connectivity index (χ4n) is 4.59. The number of aliphatic hydroxyl groups is 1. The van der Waals surface area contributed by atoms with Gasteiger partial charge in [-0.15, -0.1) is 0 Å². The van der Waals surface area contributed by atoms with Crippen LogP contribution in [0.25, 0.3) is 0 Å². The van der Waals surface area contributed by atoms with Gasteiger partial charge in [-0.05, 0) is 55.7 Å². The Bertz CT molecular complexity index is 1120. The van der Waals surface area contributed by atoms with E-state index in [0.717, 1.165) is 5.56 Å². The number of nitrogens with one attached hydrogen (secondary N) is 3. The third-order valence-corrected chi connectivity index (χ3v) is 7.71. The molecule has 12 nitrogen and oxygen atoms in total. The minimum absolute atomic E-state index is 0.0386. The Kier molecular flexibility index (Phi) is 9.60. The number of aliphatic hydroxyl groups excluding tert-OH is 1. The Morgan fingerprint density at radius 3 is 2.50 bits per heavy atom. The van der Waals surface area contributed by atoms with Gasteiger partial charge in [0.2, 0.25) is 17.3 Å². The van der Waals surface area contributed by atoms with Crippen molar-refractivity contribution in [1.29, 1.82) is 0 Å². The van der Waals surface area contributed by atoms with Crippen LogP contribution in [0.4, 0.5) is 4.79 Å². The fourth-order valence-corrected chi connectivity index (χ4v) is 5.19. The number of amides is 3. The van der Waals surface area contributed by atoms with Crippen LogP contribution in [0.15, 0.2) is 24.3 Å². The van der Waals surface area contributed by atoms with Crippen LogP contribution in [-0.4, -0.2) is 72.8 Å². The van der Waals surface area contributed by atoms with E-state index in [-0.39, 0.29) is 24.7 Å². The summed E-state index contributed by atoms with van der Waals surface area (Å²) in [7, 11) is -3.37. The summed E-state index contributed by atoms with van der Waals surface area (Å²) in [5, 5.41) is 17.8. The normalized spacial score (nSPS) is 20.7. The van der Waals surface area contributed by atoms with Gasteiger partial charge in [-0.3, -0.25) is 14.1 Å². The first-order valence-corrected chi connectivity index (χ1v) is 14.2. The van der Waals surface area contributed by atoms with E-state index in [1.165, 1.54) is 0 Å². The van der Waals surface area contributed by atoms with Gasteiger partial charge in [-0.25, -0.2) is 4.79 Å². The van der Waals surface area contributed by atoms with Gasteiger partial charge < -0.3 is 30.5 Å². The second-order valence-electron chi connectivity index (χ2n) is 10.5. The Labute approximate surface area is 222 Å². The molecule has 1 aliphatic heterocycles. The van der Waals surface area contributed by atoms with E-state index in [1.807, 2.05) is 38.1 Å². The lowest BCUT2D eigenvalue weighted by molar-refractivity contribution is -0.126. The van der Waals surface area contributed by atoms with E-state index >= 15 is 0 Å². The standard InChI is InChI=1S/C25H37N3O9S/c1-15(2)11-19(22(30)27-20(23(31)38(33,34)35)13-17-7-10-26-21(17)29)28-24(32)37-25(8-9-25)14-16-5-4-6-18(12-16)36-3/h4-6,12,15,17,19-20,23,31H,7-11,13-14H2,1-3H3,(H,26,29)(H,27,30)(H,28,32)(H,33,34,35)/t17-,19-,20-,23?/m0/s1. The summed E-state index contributed by atoms with van der Waals surface area (Å²) >= 11 is 0. The molecule has 4 atom stereocenters. The van der Waals surface area contributed by atoms with Crippen molar-refractivity contribution in [2.24, 2.45) is 11.8 Å². The number of carbonyl (C=O) groups excluding carboxylic acids is 3. The summed E-state index contributed by atoms with van der Waals surface area (Å²) in [5.41, 5.74) is -2.11. The number of hydrogen-bond acceptors (Lipinski definition) is 8. The molecule has 1 saturated heterocycles. The third-order valence-electron chi connectivity index (χ3n) is 6.77. The smallest absolute Gasteiger partial charge is 0.408 e. The molecule has 2 aliphatic rings. The molecular weight excluding hydrogens is 518 g/mol. The number of benzene rings is 1. The van der Waals surface area contributed by atoms with Crippen LogP contribution in [-0.2, 0) is 30.9 Å². The van der Waals surface area contributed by atoms with Crippen LogP contribution < -0.4 is 20.7 Å². The third kappa shape index (κ3) is 8.30. The van der Waals surface area contributed by atoms with Gasteiger partial charge >= 0.3 is 6.09 Å². The van der Waals surface area contributed by atoms with E-state index in [1.54, 1.807) is 7.11 Å². The van der Waals surface area contributed by atoms with Crippen LogP contribution in [0.2, 0.25) is 0 Å². The van der Waals surface area contributed by atoms with Gasteiger partial charge in [0.1, 0.15) is 17.4 Å². The number of carbonyl (C=O) groups is 3. The highest BCUT2D eigenvalue weighted by Gasteiger charge is 2.47. The summed E-state index contributed by atoms with van der Waals surface area (Å²) in [4.78, 5) is 38.0. The average molecular weight is 556 g/mol. The molecule has 0 radical (unpaired) electrons. The predicted molar refractivity (Wildman–Crippen MR) is 137 cm³/mol. The predicted octanol–water partition coefficient (Wildman–Crippen LogP) is 1.13. The zero-order chi connectivity index (χ0) is 28.1. The molecule has 0 aromatic heterocycles. The van der Waals surface area contributed by atoms with Crippen LogP contribution in [0.1, 0.15) is 51.5 Å². The lowest BCUT2D eigenvalue weighted by Gasteiger charge is -2.28. The summed E-state index contributed by atoms with van der Waals surface area (Å²) in [6.45, 7) is 4.06. The lowest BCUT2D eigenvalue weighted by atomic mass is 9.97. The van der Waals surface area contributed by atoms with Gasteiger partial charge in [0.25, 0.3) is 10.1 Å². The van der Waals surface area contributed by atoms with Gasteiger partial charge in [-0.1, -0.05) is 26.0 Å². The van der Waals surface area contributed by atoms with E-state index in [9.17, 15) is 32.5 Å². The van der Waals surface area contributed by atoms with Crippen LogP contribution in [0.5, 0.6) is 5.75 Å². The second kappa shape index (κ2) is 12.3. The molecule has 1 aromatic rings. The van der Waals surface area contributed by atoms with Crippen molar-refractivity contribution in [2.45, 2.75) is 75.5 Å². The molecule has 1 aliphatic carbocycles. The summed E-state index contributed by atoms with van der Waals surface area (Å²) < 4.78 is 43.6. The van der Waals surface area contributed by atoms with Crippen molar-refractivity contribution in [1.82, 2.24) is 16.0 Å². The first kappa shape index (κ1) is 29.7. The molecule has 1 saturated carbocycles. The van der Waals surface area contributed by atoms with Crippen molar-refractivity contribution < 1.29 is 41.9 Å². The molecule has 0 spiro atoms. The number of hydrogen-bond donors (Lipinski definition) is 5. The van der Waals surface area contributed by atoms with E-state index in [0.29, 0.717) is 38.0 Å². The SMILES string of the molecule is COc1cccc(CC2(OC(=O)N[C@@H](CC(C)C)C(=O)N[C@@H](C[C@@H]3CCNC3=O)C(O)S(=O)(=O)O)CC2)c1. The zero-order valence-electron chi connectivity index (χ0n) is 21.8. The first-order valence-electron chi connectivity index (χ1n) is 12.7. The molecular formula is C25H37N3O9S. The maximum atomic E-state index is 13.2. The van der Waals surface area contributed by atoms with Crippen LogP contribution >= 0.6 is 0 Å². The molecule has 3 rings (SSSR count). The van der Waals surface area contributed by atoms with Gasteiger partial charge in [0, 0.05) is 18.9 Å². The topological polar surface area (TPSA) is 180 Å². The van der Waals surface area contributed by atoms with Crippen molar-refractivity contribution in [2.75, 3.05) is 13.7 Å². The molecule has 5 N–H and O–H groups in total. The van der Waals surface area contributed by atoms with Crippen LogP contribution in [0, 0.1) is 11.8 Å². The Hall–Kier alpha value is -2.90. The van der Waals surface area contributed by atoms with Crippen molar-refractivity contribution in [3.63, 3.8) is 0 Å². The Balaban J connectivity index is 1.67. The van der Waals surface area contributed by atoms with E-state index in [4.69, 9.17) is 9.47 Å². The van der Waals surface area contributed by atoms with Crippen molar-refractivity contribution in [3.05, 3.63) is 29.8 Å². The molecule has 1 heterocycles. The number of methoxy groups -OCH3 is 1. The minimum atomic E-state index is -4.94. The first-order chi connectivity index (χ1) is 17.8. The second-order valence-corrected chi connectivity index (χ2v) is 12.0. The summed E-state index contributed by atoms with van der Waals surface area (Å²) in [5.74, 6) is -1.10. The molecule has 2 fully saturated rings. The van der Waals surface area contributed by atoms with Gasteiger partial charge in [0.15, 0.2) is 0 Å². The Morgan fingerprint density at radius 1 is 1.24 bits per heavy atom. The lowest BCUT2D eigenvalue weighted by Crippen LogP contribution is -2.55. The van der Waals surface area contributed by atoms with E-state index in [2.05, 4.69) is 16.0 Å². The largest absolute Gasteiger partial charge is 0.497 e. The van der Waals surface area contributed by atoms with Crippen LogP contribution in [0.3, 0.4) is 0 Å². The van der Waals surface area contributed by atoms with Gasteiger partial charge in [-0.2, -0.15) is 8.42 Å². The average Bonchev–Trinajstić information content (AvgIpc) is 3.46. The zero-order valence-corrected chi connectivity index (χ0v) is 22.6. The molecule has 1 aromatic carbocycles. The fraction of sp³-hybridized carbons (Fsp3) is 0.640. The highest BCUT2D eigenvalue weighted by atomic mass is 32.2. The summed E-state index contributed by atoms with van der Waals surface area (Å²) in [6, 6.07) is 4.85. The maximum Gasteiger partial charge on any atom is 0.408 e. The summed E-state index contributed by atoms with van der Waals surface area (Å²) in [6.07, 6.45) is 1.37. The minimum Gasteiger partial charge on any atom is -0.497 e. The highest BCUT2D eigenvalue weighted by Crippen LogP contribution is 2.43. The molecule has 38 heavy (non-hydrogen) atoms.